The van der Waals surface area contributed by atoms with Gasteiger partial charge in [0.05, 0.1) is 58.8 Å². The van der Waals surface area contributed by atoms with E-state index in [9.17, 15) is 45.5 Å². The smallest absolute Gasteiger partial charge is 0.418 e. The van der Waals surface area contributed by atoms with Gasteiger partial charge in [0.15, 0.2) is 5.78 Å². The Balaban J connectivity index is 0.000000388. The van der Waals surface area contributed by atoms with Crippen molar-refractivity contribution in [2.75, 3.05) is 18.6 Å². The Morgan fingerprint density at radius 3 is 1.92 bits per heavy atom. The Morgan fingerprint density at radius 2 is 1.43 bits per heavy atom. The predicted molar refractivity (Wildman–Crippen MR) is 165 cm³/mol. The molecule has 0 radical (unpaired) electrons. The lowest BCUT2D eigenvalue weighted by Crippen LogP contribution is -2.43. The quantitative estimate of drug-likeness (QED) is 0.113. The van der Waals surface area contributed by atoms with Crippen molar-refractivity contribution in [3.05, 3.63) is 88.2 Å². The van der Waals surface area contributed by atoms with Crippen LogP contribution in [0, 0.1) is 5.92 Å². The standard InChI is InChI=1S/C25H28F3N3O4.C8H6F3NO2/c1-35-24(34)16-10-11-17(30-14-16)13-21(32)20(12-15-6-3-2-4-7-15)31-23(33)18-8-5-9-19(22(18)29)25(26,27)28;9-8(10,11)5-3-1-2-4(6(5)12)7(13)14/h5,8-11,14-15,20H,2-4,6-7,12-13,29H2,1H3,(H,31,33);1-3H,12H2,(H,13,14). The number of Topliss-reactive ketones (excluding diaryl/α,β-unsaturated/α-hetero) is 1. The van der Waals surface area contributed by atoms with Crippen LogP contribution in [0.25, 0.3) is 0 Å². The number of carboxylic acid groups (broad SMARTS) is 1. The number of amides is 1. The number of ether oxygens (including phenoxy) is 1. The molecule has 10 nitrogen and oxygen atoms in total. The van der Waals surface area contributed by atoms with E-state index in [0.29, 0.717) is 12.1 Å². The molecule has 1 aliphatic rings. The monoisotopic (exact) mass is 696 g/mol. The first-order chi connectivity index (χ1) is 22.9. The van der Waals surface area contributed by atoms with Crippen LogP contribution in [0.2, 0.25) is 0 Å². The van der Waals surface area contributed by atoms with Crippen molar-refractivity contribution in [3.8, 4) is 0 Å². The number of ketones is 1. The van der Waals surface area contributed by atoms with Crippen LogP contribution in [0.3, 0.4) is 0 Å². The molecule has 1 atom stereocenters. The number of hydrogen-bond donors (Lipinski definition) is 4. The van der Waals surface area contributed by atoms with Gasteiger partial charge in [0.2, 0.25) is 0 Å². The number of halogens is 6. The third-order valence-electron chi connectivity index (χ3n) is 7.89. The van der Waals surface area contributed by atoms with Crippen LogP contribution in [-0.2, 0) is 28.3 Å². The van der Waals surface area contributed by atoms with Gasteiger partial charge in [0, 0.05) is 11.9 Å². The van der Waals surface area contributed by atoms with E-state index in [1.54, 1.807) is 0 Å². The fourth-order valence-corrected chi connectivity index (χ4v) is 5.34. The van der Waals surface area contributed by atoms with Gasteiger partial charge in [-0.2, -0.15) is 26.3 Å². The summed E-state index contributed by atoms with van der Waals surface area (Å²) in [7, 11) is 1.25. The number of pyridine rings is 1. The number of nitrogen functional groups attached to an aromatic ring is 2. The summed E-state index contributed by atoms with van der Waals surface area (Å²) < 4.78 is 81.0. The highest BCUT2D eigenvalue weighted by Gasteiger charge is 2.36. The summed E-state index contributed by atoms with van der Waals surface area (Å²) in [4.78, 5) is 52.3. The number of nitrogens with two attached hydrogens (primary N) is 2. The number of aromatic nitrogens is 1. The number of carbonyl (C=O) groups is 4. The number of nitrogens with one attached hydrogen (secondary N) is 1. The number of carboxylic acids is 1. The molecule has 2 aromatic carbocycles. The van der Waals surface area contributed by atoms with E-state index in [1.807, 2.05) is 0 Å². The van der Waals surface area contributed by atoms with Gasteiger partial charge >= 0.3 is 24.3 Å². The number of rotatable bonds is 9. The second-order valence-corrected chi connectivity index (χ2v) is 11.3. The minimum atomic E-state index is -4.71. The third kappa shape index (κ3) is 10.4. The molecular formula is C33H34F6N4O6. The fourth-order valence-electron chi connectivity index (χ4n) is 5.34. The molecule has 1 heterocycles. The lowest BCUT2D eigenvalue weighted by molar-refractivity contribution is -0.137. The maximum Gasteiger partial charge on any atom is 0.418 e. The van der Waals surface area contributed by atoms with Crippen LogP contribution in [0.5, 0.6) is 0 Å². The van der Waals surface area contributed by atoms with Crippen molar-refractivity contribution in [3.63, 3.8) is 0 Å². The molecule has 49 heavy (non-hydrogen) atoms. The van der Waals surface area contributed by atoms with Crippen molar-refractivity contribution in [2.24, 2.45) is 5.92 Å². The molecule has 0 aliphatic heterocycles. The lowest BCUT2D eigenvalue weighted by Gasteiger charge is -2.27. The summed E-state index contributed by atoms with van der Waals surface area (Å²) in [6, 6.07) is 7.97. The highest BCUT2D eigenvalue weighted by Crippen LogP contribution is 2.36. The van der Waals surface area contributed by atoms with Gasteiger partial charge in [-0.25, -0.2) is 9.59 Å². The summed E-state index contributed by atoms with van der Waals surface area (Å²) in [5.41, 5.74) is 6.82. The first kappa shape index (κ1) is 38.3. The molecule has 6 N–H and O–H groups in total. The molecule has 1 aromatic heterocycles. The SMILES string of the molecule is COC(=O)c1ccc(CC(=O)C(CC2CCCCC2)NC(=O)c2cccc(C(F)(F)F)c2N)nc1.Nc1c(C(=O)O)cccc1C(F)(F)F. The van der Waals surface area contributed by atoms with E-state index < -0.39 is 64.3 Å². The minimum Gasteiger partial charge on any atom is -0.478 e. The van der Waals surface area contributed by atoms with E-state index in [2.05, 4.69) is 15.0 Å². The molecule has 0 bridgehead atoms. The van der Waals surface area contributed by atoms with E-state index in [-0.39, 0.29) is 29.2 Å². The summed E-state index contributed by atoms with van der Waals surface area (Å²) in [6.07, 6.45) is -2.79. The number of hydrogen-bond acceptors (Lipinski definition) is 8. The zero-order valence-corrected chi connectivity index (χ0v) is 26.2. The Bertz CT molecular complexity index is 1650. The zero-order chi connectivity index (χ0) is 36.5. The van der Waals surface area contributed by atoms with E-state index in [1.165, 1.54) is 31.5 Å². The van der Waals surface area contributed by atoms with Gasteiger partial charge in [-0.3, -0.25) is 14.6 Å². The van der Waals surface area contributed by atoms with Gasteiger partial charge in [-0.05, 0) is 48.7 Å². The lowest BCUT2D eigenvalue weighted by atomic mass is 9.83. The number of carbonyl (C=O) groups excluding carboxylic acids is 3. The number of para-hydroxylation sites is 2. The molecule has 16 heteroatoms. The number of anilines is 2. The van der Waals surface area contributed by atoms with Crippen LogP contribution in [0.1, 0.15) is 86.4 Å². The number of aromatic carboxylic acids is 1. The molecular weight excluding hydrogens is 662 g/mol. The highest BCUT2D eigenvalue weighted by atomic mass is 19.4. The van der Waals surface area contributed by atoms with Crippen LogP contribution in [0.4, 0.5) is 37.7 Å². The van der Waals surface area contributed by atoms with Crippen molar-refractivity contribution in [2.45, 2.75) is 63.3 Å². The first-order valence-corrected chi connectivity index (χ1v) is 15.0. The highest BCUT2D eigenvalue weighted by molar-refractivity contribution is 6.02. The zero-order valence-electron chi connectivity index (χ0n) is 26.2. The Labute approximate surface area is 276 Å². The summed E-state index contributed by atoms with van der Waals surface area (Å²) in [5.74, 6) is -2.99. The van der Waals surface area contributed by atoms with Crippen molar-refractivity contribution < 1.29 is 55.4 Å². The number of alkyl halides is 6. The summed E-state index contributed by atoms with van der Waals surface area (Å²) >= 11 is 0. The van der Waals surface area contributed by atoms with Gasteiger partial charge in [0.25, 0.3) is 5.91 Å². The number of methoxy groups -OCH3 is 1. The maximum atomic E-state index is 13.2. The average Bonchev–Trinajstić information content (AvgIpc) is 3.04. The Hall–Kier alpha value is -5.15. The summed E-state index contributed by atoms with van der Waals surface area (Å²) in [5, 5.41) is 11.1. The second-order valence-electron chi connectivity index (χ2n) is 11.3. The number of esters is 1. The van der Waals surface area contributed by atoms with Gasteiger partial charge in [-0.1, -0.05) is 44.2 Å². The van der Waals surface area contributed by atoms with Crippen molar-refractivity contribution >= 4 is 35.0 Å². The molecule has 0 spiro atoms. The van der Waals surface area contributed by atoms with E-state index in [4.69, 9.17) is 16.6 Å². The van der Waals surface area contributed by atoms with Crippen LogP contribution in [0.15, 0.2) is 54.7 Å². The van der Waals surface area contributed by atoms with Crippen LogP contribution < -0.4 is 16.8 Å². The molecule has 1 aliphatic carbocycles. The molecule has 1 amide bonds. The topological polar surface area (TPSA) is 175 Å². The van der Waals surface area contributed by atoms with Crippen molar-refractivity contribution in [1.29, 1.82) is 0 Å². The van der Waals surface area contributed by atoms with Crippen LogP contribution >= 0.6 is 0 Å². The predicted octanol–water partition coefficient (Wildman–Crippen LogP) is 6.34. The molecule has 3 aromatic rings. The van der Waals surface area contributed by atoms with E-state index >= 15 is 0 Å². The first-order valence-electron chi connectivity index (χ1n) is 15.0. The minimum absolute atomic E-state index is 0.114. The van der Waals surface area contributed by atoms with Gasteiger partial charge in [-0.15, -0.1) is 0 Å². The van der Waals surface area contributed by atoms with Crippen molar-refractivity contribution in [1.82, 2.24) is 10.3 Å². The largest absolute Gasteiger partial charge is 0.478 e. The molecule has 4 rings (SSSR count). The average molecular weight is 697 g/mol. The molecule has 1 saturated carbocycles. The molecule has 1 unspecified atom stereocenters. The maximum absolute atomic E-state index is 13.2. The normalized spacial score (nSPS) is 14.2. The summed E-state index contributed by atoms with van der Waals surface area (Å²) in [6.45, 7) is 0. The van der Waals surface area contributed by atoms with Crippen LogP contribution in [-0.4, -0.2) is 46.9 Å². The number of benzene rings is 2. The van der Waals surface area contributed by atoms with Gasteiger partial charge in [0.1, 0.15) is 0 Å². The third-order valence-corrected chi connectivity index (χ3v) is 7.89. The van der Waals surface area contributed by atoms with Gasteiger partial charge < -0.3 is 26.6 Å². The number of nitrogens with zero attached hydrogens (tertiary/aromatic N) is 1. The Morgan fingerprint density at radius 1 is 0.878 bits per heavy atom. The Kier molecular flexibility index (Phi) is 12.7. The molecule has 1 fully saturated rings. The molecule has 0 saturated heterocycles. The van der Waals surface area contributed by atoms with E-state index in [0.717, 1.165) is 62.4 Å². The fraction of sp³-hybridized carbons (Fsp3) is 0.364. The second kappa shape index (κ2) is 16.3. The molecule has 264 valence electrons.